The Kier molecular flexibility index (Phi) is 5.43. The van der Waals surface area contributed by atoms with Crippen molar-refractivity contribution in [1.82, 2.24) is 9.47 Å². The molecule has 7 heteroatoms. The lowest BCUT2D eigenvalue weighted by atomic mass is 10.1. The number of nitrogens with zero attached hydrogens (tertiary/aromatic N) is 3. The zero-order valence-corrected chi connectivity index (χ0v) is 18.9. The van der Waals surface area contributed by atoms with Crippen LogP contribution in [0.5, 0.6) is 17.2 Å². The van der Waals surface area contributed by atoms with E-state index in [1.807, 2.05) is 25.2 Å². The van der Waals surface area contributed by atoms with E-state index < -0.39 is 0 Å². The standard InChI is InChI=1S/C25H29N3O4/c1-27-20-8-7-16(32-12-11-28-9-5-4-6-10-28)13-19(20)23-24(26-29)17-14-21(30-2)22(31-3)15-18(17)25(23)27/h7-8,13-15,29H,4-6,9-12H2,1-3H3/b26-24-. The average molecular weight is 436 g/mol. The molecular formula is C25H29N3O4. The van der Waals surface area contributed by atoms with Gasteiger partial charge in [0.1, 0.15) is 18.1 Å². The predicted octanol–water partition coefficient (Wildman–Crippen LogP) is 4.27. The van der Waals surface area contributed by atoms with E-state index in [9.17, 15) is 5.21 Å². The van der Waals surface area contributed by atoms with Crippen LogP contribution in [0.1, 0.15) is 30.4 Å². The molecule has 7 nitrogen and oxygen atoms in total. The molecule has 1 aromatic heterocycles. The fourth-order valence-corrected chi connectivity index (χ4v) is 5.05. The van der Waals surface area contributed by atoms with Crippen LogP contribution in [0, 0.1) is 0 Å². The number of aromatic nitrogens is 1. The molecule has 0 unspecified atom stereocenters. The molecule has 0 radical (unpaired) electrons. The fraction of sp³-hybridized carbons (Fsp3) is 0.400. The third kappa shape index (κ3) is 3.28. The van der Waals surface area contributed by atoms with E-state index in [0.717, 1.165) is 58.7 Å². The van der Waals surface area contributed by atoms with Crippen LogP contribution in [-0.4, -0.2) is 60.8 Å². The van der Waals surface area contributed by atoms with Crippen LogP contribution in [0.15, 0.2) is 35.5 Å². The van der Waals surface area contributed by atoms with Crippen LogP contribution >= 0.6 is 0 Å². The summed E-state index contributed by atoms with van der Waals surface area (Å²) >= 11 is 0. The normalized spacial score (nSPS) is 16.9. The van der Waals surface area contributed by atoms with Gasteiger partial charge in [0.2, 0.25) is 0 Å². The molecule has 1 N–H and O–H groups in total. The van der Waals surface area contributed by atoms with Crippen molar-refractivity contribution >= 4 is 16.6 Å². The maximum absolute atomic E-state index is 9.94. The van der Waals surface area contributed by atoms with Crippen LogP contribution in [0.3, 0.4) is 0 Å². The van der Waals surface area contributed by atoms with Crippen molar-refractivity contribution < 1.29 is 19.4 Å². The van der Waals surface area contributed by atoms with Crippen molar-refractivity contribution in [3.05, 3.63) is 41.5 Å². The van der Waals surface area contributed by atoms with Gasteiger partial charge in [0.25, 0.3) is 0 Å². The second-order valence-corrected chi connectivity index (χ2v) is 8.41. The van der Waals surface area contributed by atoms with Gasteiger partial charge in [-0.05, 0) is 56.3 Å². The van der Waals surface area contributed by atoms with E-state index in [4.69, 9.17) is 14.2 Å². The molecule has 168 valence electrons. The molecule has 1 aliphatic carbocycles. The summed E-state index contributed by atoms with van der Waals surface area (Å²) in [6.07, 6.45) is 3.89. The highest BCUT2D eigenvalue weighted by atomic mass is 16.5. The van der Waals surface area contributed by atoms with Gasteiger partial charge in [-0.3, -0.25) is 4.90 Å². The van der Waals surface area contributed by atoms with Crippen LogP contribution < -0.4 is 14.2 Å². The summed E-state index contributed by atoms with van der Waals surface area (Å²) in [5.74, 6) is 2.07. The Morgan fingerprint density at radius 1 is 0.969 bits per heavy atom. The quantitative estimate of drug-likeness (QED) is 0.362. The number of hydrogen-bond donors (Lipinski definition) is 1. The molecule has 2 aliphatic rings. The van der Waals surface area contributed by atoms with Gasteiger partial charge in [0, 0.05) is 41.2 Å². The SMILES string of the molecule is COc1cc2c(cc1OC)-c1c(c3cc(OCCN4CCCCC4)ccc3n1C)/C2=N\O. The average Bonchev–Trinajstić information content (AvgIpc) is 3.30. The molecule has 1 aliphatic heterocycles. The second kappa shape index (κ2) is 8.39. The van der Waals surface area contributed by atoms with E-state index in [-0.39, 0.29) is 0 Å². The first-order chi connectivity index (χ1) is 15.7. The molecule has 0 bridgehead atoms. The lowest BCUT2D eigenvalue weighted by molar-refractivity contribution is 0.183. The molecule has 0 spiro atoms. The second-order valence-electron chi connectivity index (χ2n) is 8.41. The highest BCUT2D eigenvalue weighted by Crippen LogP contribution is 2.47. The van der Waals surface area contributed by atoms with Gasteiger partial charge in [-0.1, -0.05) is 11.6 Å². The number of oxime groups is 1. The summed E-state index contributed by atoms with van der Waals surface area (Å²) in [5.41, 5.74) is 5.26. The fourth-order valence-electron chi connectivity index (χ4n) is 5.05. The van der Waals surface area contributed by atoms with E-state index in [1.54, 1.807) is 14.2 Å². The lowest BCUT2D eigenvalue weighted by Crippen LogP contribution is -2.33. The molecule has 3 aromatic rings. The van der Waals surface area contributed by atoms with Crippen molar-refractivity contribution in [3.63, 3.8) is 0 Å². The maximum atomic E-state index is 9.94. The van der Waals surface area contributed by atoms with Crippen molar-refractivity contribution in [2.24, 2.45) is 12.2 Å². The van der Waals surface area contributed by atoms with E-state index in [0.29, 0.717) is 23.8 Å². The van der Waals surface area contributed by atoms with Crippen molar-refractivity contribution in [2.45, 2.75) is 19.3 Å². The van der Waals surface area contributed by atoms with Gasteiger partial charge >= 0.3 is 0 Å². The molecule has 0 atom stereocenters. The number of piperidine rings is 1. The number of rotatable bonds is 6. The smallest absolute Gasteiger partial charge is 0.161 e. The number of ether oxygens (including phenoxy) is 3. The van der Waals surface area contributed by atoms with Crippen LogP contribution in [0.2, 0.25) is 0 Å². The number of aryl methyl sites for hydroxylation is 1. The topological polar surface area (TPSA) is 68.5 Å². The highest BCUT2D eigenvalue weighted by Gasteiger charge is 2.33. The van der Waals surface area contributed by atoms with Gasteiger partial charge < -0.3 is 24.0 Å². The predicted molar refractivity (Wildman–Crippen MR) is 125 cm³/mol. The molecule has 2 aromatic carbocycles. The number of hydrogen-bond acceptors (Lipinski definition) is 6. The Bertz CT molecular complexity index is 1190. The Labute approximate surface area is 187 Å². The van der Waals surface area contributed by atoms with Gasteiger partial charge in [0.05, 0.1) is 19.9 Å². The first kappa shape index (κ1) is 20.7. The molecule has 5 rings (SSSR count). The third-order valence-electron chi connectivity index (χ3n) is 6.67. The van der Waals surface area contributed by atoms with Crippen molar-refractivity contribution in [2.75, 3.05) is 40.5 Å². The van der Waals surface area contributed by atoms with E-state index in [1.165, 1.54) is 19.3 Å². The molecular weight excluding hydrogens is 406 g/mol. The Morgan fingerprint density at radius 2 is 1.69 bits per heavy atom. The Morgan fingerprint density at radius 3 is 2.38 bits per heavy atom. The summed E-state index contributed by atoms with van der Waals surface area (Å²) in [4.78, 5) is 2.47. The molecule has 0 saturated carbocycles. The Balaban J connectivity index is 1.51. The molecule has 0 amide bonds. The van der Waals surface area contributed by atoms with Gasteiger partial charge in [-0.2, -0.15) is 0 Å². The molecule has 1 fully saturated rings. The van der Waals surface area contributed by atoms with E-state index >= 15 is 0 Å². The maximum Gasteiger partial charge on any atom is 0.161 e. The van der Waals surface area contributed by atoms with Crippen LogP contribution in [-0.2, 0) is 7.05 Å². The van der Waals surface area contributed by atoms with E-state index in [2.05, 4.69) is 26.8 Å². The zero-order valence-electron chi connectivity index (χ0n) is 18.9. The zero-order chi connectivity index (χ0) is 22.2. The first-order valence-corrected chi connectivity index (χ1v) is 11.1. The minimum absolute atomic E-state index is 0.534. The summed E-state index contributed by atoms with van der Waals surface area (Å²) in [6.45, 7) is 3.93. The van der Waals surface area contributed by atoms with Crippen LogP contribution in [0.4, 0.5) is 0 Å². The number of methoxy groups -OCH3 is 2. The minimum atomic E-state index is 0.534. The molecule has 2 heterocycles. The Hall–Kier alpha value is -3.19. The third-order valence-corrected chi connectivity index (χ3v) is 6.67. The van der Waals surface area contributed by atoms with Gasteiger partial charge in [0.15, 0.2) is 11.5 Å². The summed E-state index contributed by atoms with van der Waals surface area (Å²) in [6, 6.07) is 9.95. The number of fused-ring (bicyclic) bond motifs is 5. The largest absolute Gasteiger partial charge is 0.493 e. The summed E-state index contributed by atoms with van der Waals surface area (Å²) in [5, 5.41) is 14.6. The lowest BCUT2D eigenvalue weighted by Gasteiger charge is -2.26. The van der Waals surface area contributed by atoms with Crippen molar-refractivity contribution in [3.8, 4) is 28.5 Å². The summed E-state index contributed by atoms with van der Waals surface area (Å²) < 4.78 is 19.2. The molecule has 32 heavy (non-hydrogen) atoms. The number of benzene rings is 2. The first-order valence-electron chi connectivity index (χ1n) is 11.1. The van der Waals surface area contributed by atoms with Crippen LogP contribution in [0.25, 0.3) is 22.2 Å². The molecule has 1 saturated heterocycles. The number of likely N-dealkylation sites (tertiary alicyclic amines) is 1. The van der Waals surface area contributed by atoms with Gasteiger partial charge in [-0.15, -0.1) is 0 Å². The van der Waals surface area contributed by atoms with Gasteiger partial charge in [-0.25, -0.2) is 0 Å². The minimum Gasteiger partial charge on any atom is -0.493 e. The monoisotopic (exact) mass is 435 g/mol. The summed E-state index contributed by atoms with van der Waals surface area (Å²) in [7, 11) is 5.25. The highest BCUT2D eigenvalue weighted by molar-refractivity contribution is 6.30. The van der Waals surface area contributed by atoms with Crippen molar-refractivity contribution in [1.29, 1.82) is 0 Å².